The van der Waals surface area contributed by atoms with E-state index in [0.717, 1.165) is 6.54 Å². The maximum Gasteiger partial charge on any atom is 0.0791 e. The molecule has 0 aliphatic heterocycles. The molecule has 0 aromatic rings. The fourth-order valence-corrected chi connectivity index (χ4v) is 2.79. The van der Waals surface area contributed by atoms with E-state index in [0.29, 0.717) is 18.0 Å². The van der Waals surface area contributed by atoms with Crippen molar-refractivity contribution >= 4 is 0 Å². The Bertz CT molecular complexity index is 260. The predicted molar refractivity (Wildman–Crippen MR) is 82.4 cm³/mol. The van der Waals surface area contributed by atoms with Gasteiger partial charge in [-0.3, -0.25) is 0 Å². The number of rotatable bonds is 5. The van der Waals surface area contributed by atoms with Gasteiger partial charge in [0.15, 0.2) is 0 Å². The molecule has 0 saturated heterocycles. The van der Waals surface area contributed by atoms with Gasteiger partial charge in [0.1, 0.15) is 0 Å². The van der Waals surface area contributed by atoms with Gasteiger partial charge in [0.25, 0.3) is 0 Å². The average molecular weight is 270 g/mol. The van der Waals surface area contributed by atoms with E-state index < -0.39 is 0 Å². The minimum Gasteiger partial charge on any atom is -0.390 e. The third kappa shape index (κ3) is 6.73. The number of hydrogen-bond acceptors (Lipinski definition) is 3. The van der Waals surface area contributed by atoms with E-state index in [4.69, 9.17) is 0 Å². The molecule has 0 amide bonds. The van der Waals surface area contributed by atoms with Crippen molar-refractivity contribution < 1.29 is 5.11 Å². The molecule has 0 spiro atoms. The van der Waals surface area contributed by atoms with Gasteiger partial charge in [0, 0.05) is 24.7 Å². The summed E-state index contributed by atoms with van der Waals surface area (Å²) in [6, 6.07) is 0.650. The molecule has 19 heavy (non-hydrogen) atoms. The van der Waals surface area contributed by atoms with Gasteiger partial charge in [-0.25, -0.2) is 0 Å². The molecule has 1 rings (SSSR count). The Labute approximate surface area is 119 Å². The number of likely N-dealkylation sites (N-methyl/N-ethyl adjacent to an activating group) is 1. The number of nitrogens with one attached hydrogen (secondary N) is 1. The molecule has 1 saturated carbocycles. The van der Waals surface area contributed by atoms with Gasteiger partial charge in [0.2, 0.25) is 0 Å². The quantitative estimate of drug-likeness (QED) is 0.806. The smallest absolute Gasteiger partial charge is 0.0791 e. The van der Waals surface area contributed by atoms with Crippen LogP contribution in [0, 0.1) is 5.41 Å². The molecule has 3 heteroatoms. The number of hydrogen-bond donors (Lipinski definition) is 2. The van der Waals surface area contributed by atoms with Crippen LogP contribution in [0.25, 0.3) is 0 Å². The lowest BCUT2D eigenvalue weighted by Gasteiger charge is -2.39. The third-order valence-electron chi connectivity index (χ3n) is 4.30. The highest BCUT2D eigenvalue weighted by Gasteiger charge is 2.29. The maximum atomic E-state index is 10.1. The molecular weight excluding hydrogens is 236 g/mol. The van der Waals surface area contributed by atoms with Crippen molar-refractivity contribution in [2.75, 3.05) is 20.1 Å². The van der Waals surface area contributed by atoms with Crippen LogP contribution in [0.5, 0.6) is 0 Å². The van der Waals surface area contributed by atoms with E-state index in [1.54, 1.807) is 0 Å². The average Bonchev–Trinajstić information content (AvgIpc) is 2.25. The SMILES string of the molecule is CN(CC(O)CNC(C)(C)C)C1CCC(C)(C)CC1. The third-order valence-corrected chi connectivity index (χ3v) is 4.30. The minimum absolute atomic E-state index is 0.0778. The monoisotopic (exact) mass is 270 g/mol. The summed E-state index contributed by atoms with van der Waals surface area (Å²) in [4.78, 5) is 2.35. The Balaban J connectivity index is 2.29. The van der Waals surface area contributed by atoms with Crippen LogP contribution in [0.1, 0.15) is 60.3 Å². The standard InChI is InChI=1S/C16H34N2O/c1-15(2,3)17-11-14(19)12-18(6)13-7-9-16(4,5)10-8-13/h13-14,17,19H,7-12H2,1-6H3. The Morgan fingerprint density at radius 2 is 1.79 bits per heavy atom. The van der Waals surface area contributed by atoms with E-state index in [-0.39, 0.29) is 11.6 Å². The van der Waals surface area contributed by atoms with Crippen LogP contribution in [0.2, 0.25) is 0 Å². The summed E-state index contributed by atoms with van der Waals surface area (Å²) in [5.74, 6) is 0. The van der Waals surface area contributed by atoms with Gasteiger partial charge < -0.3 is 15.3 Å². The van der Waals surface area contributed by atoms with E-state index in [1.165, 1.54) is 25.7 Å². The molecule has 0 aromatic carbocycles. The zero-order valence-corrected chi connectivity index (χ0v) is 13.8. The molecule has 1 aliphatic rings. The second kappa shape index (κ2) is 6.55. The molecule has 1 atom stereocenters. The van der Waals surface area contributed by atoms with Gasteiger partial charge in [-0.2, -0.15) is 0 Å². The van der Waals surface area contributed by atoms with Crippen molar-refractivity contribution in [1.29, 1.82) is 0 Å². The van der Waals surface area contributed by atoms with Crippen LogP contribution >= 0.6 is 0 Å². The van der Waals surface area contributed by atoms with E-state index in [9.17, 15) is 5.11 Å². The van der Waals surface area contributed by atoms with Crippen LogP contribution in [0.4, 0.5) is 0 Å². The van der Waals surface area contributed by atoms with Gasteiger partial charge in [-0.05, 0) is 58.9 Å². The summed E-state index contributed by atoms with van der Waals surface area (Å²) in [6.07, 6.45) is 4.86. The number of nitrogens with zero attached hydrogens (tertiary/aromatic N) is 1. The molecule has 114 valence electrons. The summed E-state index contributed by atoms with van der Waals surface area (Å²) < 4.78 is 0. The van der Waals surface area contributed by atoms with Gasteiger partial charge >= 0.3 is 0 Å². The molecule has 2 N–H and O–H groups in total. The van der Waals surface area contributed by atoms with Crippen molar-refractivity contribution in [3.05, 3.63) is 0 Å². The lowest BCUT2D eigenvalue weighted by Crippen LogP contribution is -2.46. The predicted octanol–water partition coefficient (Wildman–Crippen LogP) is 2.64. The normalized spacial score (nSPS) is 22.7. The lowest BCUT2D eigenvalue weighted by molar-refractivity contribution is 0.0691. The Hall–Kier alpha value is -0.120. The first-order chi connectivity index (χ1) is 8.59. The van der Waals surface area contributed by atoms with Crippen LogP contribution < -0.4 is 5.32 Å². The van der Waals surface area contributed by atoms with Crippen molar-refractivity contribution in [2.24, 2.45) is 5.41 Å². The summed E-state index contributed by atoms with van der Waals surface area (Å²) in [5, 5.41) is 13.5. The van der Waals surface area contributed by atoms with Crippen molar-refractivity contribution in [1.82, 2.24) is 10.2 Å². The van der Waals surface area contributed by atoms with Crippen LogP contribution in [-0.2, 0) is 0 Å². The van der Waals surface area contributed by atoms with Crippen LogP contribution in [-0.4, -0.2) is 47.8 Å². The highest BCUT2D eigenvalue weighted by Crippen LogP contribution is 2.36. The van der Waals surface area contributed by atoms with Crippen molar-refractivity contribution in [3.63, 3.8) is 0 Å². The van der Waals surface area contributed by atoms with Crippen molar-refractivity contribution in [3.8, 4) is 0 Å². The zero-order valence-electron chi connectivity index (χ0n) is 13.8. The summed E-state index contributed by atoms with van der Waals surface area (Å²) >= 11 is 0. The molecule has 1 unspecified atom stereocenters. The summed E-state index contributed by atoms with van der Waals surface area (Å²) in [5.41, 5.74) is 0.595. The number of aliphatic hydroxyl groups excluding tert-OH is 1. The molecule has 0 aromatic heterocycles. The minimum atomic E-state index is -0.279. The van der Waals surface area contributed by atoms with Crippen LogP contribution in [0.15, 0.2) is 0 Å². The van der Waals surface area contributed by atoms with Crippen LogP contribution in [0.3, 0.4) is 0 Å². The summed E-state index contributed by atoms with van der Waals surface area (Å²) in [6.45, 7) is 12.6. The molecule has 1 aliphatic carbocycles. The van der Waals surface area contributed by atoms with Gasteiger partial charge in [-0.1, -0.05) is 13.8 Å². The van der Waals surface area contributed by atoms with E-state index >= 15 is 0 Å². The number of aliphatic hydroxyl groups is 1. The second-order valence-electron chi connectivity index (χ2n) is 8.12. The van der Waals surface area contributed by atoms with E-state index in [1.807, 2.05) is 0 Å². The molecule has 3 nitrogen and oxygen atoms in total. The largest absolute Gasteiger partial charge is 0.390 e. The molecule has 0 heterocycles. The maximum absolute atomic E-state index is 10.1. The molecule has 0 bridgehead atoms. The van der Waals surface area contributed by atoms with Crippen molar-refractivity contribution in [2.45, 2.75) is 78.0 Å². The first kappa shape index (κ1) is 16.9. The fraction of sp³-hybridized carbons (Fsp3) is 1.00. The Morgan fingerprint density at radius 1 is 1.26 bits per heavy atom. The first-order valence-electron chi connectivity index (χ1n) is 7.72. The highest BCUT2D eigenvalue weighted by atomic mass is 16.3. The fourth-order valence-electron chi connectivity index (χ4n) is 2.79. The number of β-amino-alcohol motifs (C(OH)–C–C–N with tert-alkyl or cyclic N) is 1. The summed E-state index contributed by atoms with van der Waals surface area (Å²) in [7, 11) is 2.16. The molecular formula is C16H34N2O. The lowest BCUT2D eigenvalue weighted by atomic mass is 9.75. The van der Waals surface area contributed by atoms with E-state index in [2.05, 4.69) is 51.9 Å². The highest BCUT2D eigenvalue weighted by molar-refractivity contribution is 4.84. The molecule has 0 radical (unpaired) electrons. The van der Waals surface area contributed by atoms with Gasteiger partial charge in [-0.15, -0.1) is 0 Å². The molecule has 1 fully saturated rings. The zero-order chi connectivity index (χ0) is 14.7. The van der Waals surface area contributed by atoms with Gasteiger partial charge in [0.05, 0.1) is 6.10 Å². The first-order valence-corrected chi connectivity index (χ1v) is 7.72. The Kier molecular flexibility index (Phi) is 5.84. The second-order valence-corrected chi connectivity index (χ2v) is 8.12. The Morgan fingerprint density at radius 3 is 2.26 bits per heavy atom. The topological polar surface area (TPSA) is 35.5 Å².